The van der Waals surface area contributed by atoms with E-state index in [1.165, 1.54) is 8.64 Å². The van der Waals surface area contributed by atoms with Gasteiger partial charge in [0.05, 0.1) is 14.6 Å². The van der Waals surface area contributed by atoms with Crippen LogP contribution in [0.2, 0.25) is 0 Å². The van der Waals surface area contributed by atoms with Gasteiger partial charge in [0, 0.05) is 30.3 Å². The zero-order valence-electron chi connectivity index (χ0n) is 11.2. The highest BCUT2D eigenvalue weighted by Crippen LogP contribution is 2.27. The molecule has 0 radical (unpaired) electrons. The van der Waals surface area contributed by atoms with E-state index < -0.39 is 0 Å². The predicted molar refractivity (Wildman–Crippen MR) is 92.8 cm³/mol. The third-order valence-electron chi connectivity index (χ3n) is 3.85. The summed E-state index contributed by atoms with van der Waals surface area (Å²) in [4.78, 5) is 14.9. The summed E-state index contributed by atoms with van der Waals surface area (Å²) in [5, 5.41) is 1.98. The Labute approximate surface area is 141 Å². The SMILES string of the molecule is O=C(c1csc(I)c1)N(CC1CCCO1)C1CCSC1. The second-order valence-corrected chi connectivity index (χ2v) is 9.20. The first kappa shape index (κ1) is 15.1. The van der Waals surface area contributed by atoms with Crippen molar-refractivity contribution in [2.24, 2.45) is 0 Å². The molecule has 110 valence electrons. The van der Waals surface area contributed by atoms with Gasteiger partial charge in [0.2, 0.25) is 0 Å². The second kappa shape index (κ2) is 6.98. The summed E-state index contributed by atoms with van der Waals surface area (Å²) in [6, 6.07) is 2.38. The molecule has 1 amide bonds. The first-order valence-electron chi connectivity index (χ1n) is 6.98. The average molecular weight is 423 g/mol. The Kier molecular flexibility index (Phi) is 5.28. The number of thioether (sulfide) groups is 1. The summed E-state index contributed by atoms with van der Waals surface area (Å²) in [6.45, 7) is 1.61. The van der Waals surface area contributed by atoms with Crippen LogP contribution >= 0.6 is 45.7 Å². The quantitative estimate of drug-likeness (QED) is 0.695. The van der Waals surface area contributed by atoms with Crippen LogP contribution in [0.1, 0.15) is 29.6 Å². The minimum atomic E-state index is 0.187. The van der Waals surface area contributed by atoms with Gasteiger partial charge in [-0.2, -0.15) is 11.8 Å². The van der Waals surface area contributed by atoms with Gasteiger partial charge in [0.15, 0.2) is 0 Å². The Morgan fingerprint density at radius 3 is 3.00 bits per heavy atom. The average Bonchev–Trinajstić information content (AvgIpc) is 3.17. The minimum absolute atomic E-state index is 0.187. The van der Waals surface area contributed by atoms with Gasteiger partial charge in [-0.1, -0.05) is 0 Å². The lowest BCUT2D eigenvalue weighted by Gasteiger charge is -2.30. The van der Waals surface area contributed by atoms with E-state index in [0.717, 1.165) is 43.7 Å². The van der Waals surface area contributed by atoms with Crippen molar-refractivity contribution in [3.63, 3.8) is 0 Å². The number of carbonyl (C=O) groups is 1. The Bertz CT molecular complexity index is 467. The highest BCUT2D eigenvalue weighted by molar-refractivity contribution is 14.1. The number of ether oxygens (including phenoxy) is 1. The highest BCUT2D eigenvalue weighted by atomic mass is 127. The lowest BCUT2D eigenvalue weighted by atomic mass is 10.1. The number of hydrogen-bond acceptors (Lipinski definition) is 4. The molecule has 0 spiro atoms. The number of thiophene rings is 1. The minimum Gasteiger partial charge on any atom is -0.376 e. The van der Waals surface area contributed by atoms with Gasteiger partial charge in [0.25, 0.3) is 5.91 Å². The molecule has 2 fully saturated rings. The largest absolute Gasteiger partial charge is 0.376 e. The van der Waals surface area contributed by atoms with Crippen LogP contribution in [-0.4, -0.2) is 47.6 Å². The van der Waals surface area contributed by atoms with Crippen molar-refractivity contribution in [3.8, 4) is 0 Å². The number of rotatable bonds is 4. The summed E-state index contributed by atoms with van der Waals surface area (Å²) in [5.74, 6) is 2.42. The van der Waals surface area contributed by atoms with Gasteiger partial charge in [-0.3, -0.25) is 4.79 Å². The molecule has 2 unspecified atom stereocenters. The molecule has 1 aromatic rings. The molecule has 2 saturated heterocycles. The molecule has 2 atom stereocenters. The molecule has 1 aromatic heterocycles. The lowest BCUT2D eigenvalue weighted by Crippen LogP contribution is -2.44. The summed E-state index contributed by atoms with van der Waals surface area (Å²) in [6.07, 6.45) is 3.57. The Morgan fingerprint density at radius 2 is 2.40 bits per heavy atom. The Morgan fingerprint density at radius 1 is 1.50 bits per heavy atom. The van der Waals surface area contributed by atoms with Crippen LogP contribution in [0.4, 0.5) is 0 Å². The highest BCUT2D eigenvalue weighted by Gasteiger charge is 2.31. The molecule has 3 heterocycles. The van der Waals surface area contributed by atoms with Crippen molar-refractivity contribution >= 4 is 51.6 Å². The van der Waals surface area contributed by atoms with Gasteiger partial charge in [-0.15, -0.1) is 11.3 Å². The monoisotopic (exact) mass is 423 g/mol. The summed E-state index contributed by atoms with van der Waals surface area (Å²) >= 11 is 5.87. The van der Waals surface area contributed by atoms with E-state index in [2.05, 4.69) is 27.5 Å². The van der Waals surface area contributed by atoms with Gasteiger partial charge >= 0.3 is 0 Å². The number of halogens is 1. The standard InChI is InChI=1S/C14H18INO2S2/c15-13-6-10(8-20-13)14(17)16(11-3-5-19-9-11)7-12-2-1-4-18-12/h6,8,11-12H,1-5,7,9H2. The summed E-state index contributed by atoms with van der Waals surface area (Å²) < 4.78 is 6.90. The Hall–Kier alpha value is 0.210. The molecular weight excluding hydrogens is 405 g/mol. The third-order valence-corrected chi connectivity index (χ3v) is 6.78. The molecule has 0 aliphatic carbocycles. The number of amides is 1. The van der Waals surface area contributed by atoms with Crippen LogP contribution in [0.15, 0.2) is 11.4 Å². The van der Waals surface area contributed by atoms with Gasteiger partial charge in [-0.25, -0.2) is 0 Å². The molecule has 2 aliphatic rings. The maximum Gasteiger partial charge on any atom is 0.255 e. The normalized spacial score (nSPS) is 26.1. The maximum absolute atomic E-state index is 12.8. The molecule has 20 heavy (non-hydrogen) atoms. The molecule has 0 N–H and O–H groups in total. The van der Waals surface area contributed by atoms with Crippen molar-refractivity contribution in [2.45, 2.75) is 31.4 Å². The van der Waals surface area contributed by atoms with Crippen molar-refractivity contribution in [1.82, 2.24) is 4.90 Å². The lowest BCUT2D eigenvalue weighted by molar-refractivity contribution is 0.0442. The fraction of sp³-hybridized carbons (Fsp3) is 0.643. The third kappa shape index (κ3) is 3.51. The predicted octanol–water partition coefficient (Wildman–Crippen LogP) is 3.48. The molecule has 0 saturated carbocycles. The van der Waals surface area contributed by atoms with Crippen LogP contribution in [0, 0.1) is 2.88 Å². The topological polar surface area (TPSA) is 29.5 Å². The van der Waals surface area contributed by atoms with Crippen LogP contribution < -0.4 is 0 Å². The van der Waals surface area contributed by atoms with Crippen molar-refractivity contribution in [2.75, 3.05) is 24.7 Å². The molecule has 3 rings (SSSR count). The fourth-order valence-corrected chi connectivity index (χ4v) is 5.31. The number of nitrogens with zero attached hydrogens (tertiary/aromatic N) is 1. The smallest absolute Gasteiger partial charge is 0.255 e. The van der Waals surface area contributed by atoms with Gasteiger partial charge in [0.1, 0.15) is 0 Å². The van der Waals surface area contributed by atoms with Gasteiger partial charge in [-0.05, 0) is 53.7 Å². The van der Waals surface area contributed by atoms with E-state index in [-0.39, 0.29) is 12.0 Å². The number of hydrogen-bond donors (Lipinski definition) is 0. The molecule has 3 nitrogen and oxygen atoms in total. The first-order chi connectivity index (χ1) is 9.74. The summed E-state index contributed by atoms with van der Waals surface area (Å²) in [7, 11) is 0. The van der Waals surface area contributed by atoms with Crippen molar-refractivity contribution < 1.29 is 9.53 Å². The van der Waals surface area contributed by atoms with E-state index in [1.54, 1.807) is 11.3 Å². The molecule has 0 bridgehead atoms. The first-order valence-corrected chi connectivity index (χ1v) is 10.1. The molecular formula is C14H18INO2S2. The zero-order valence-corrected chi connectivity index (χ0v) is 15.0. The maximum atomic E-state index is 12.8. The van der Waals surface area contributed by atoms with Gasteiger partial charge < -0.3 is 9.64 Å². The van der Waals surface area contributed by atoms with E-state index in [9.17, 15) is 4.79 Å². The fourth-order valence-electron chi connectivity index (χ4n) is 2.76. The van der Waals surface area contributed by atoms with Crippen molar-refractivity contribution in [1.29, 1.82) is 0 Å². The van der Waals surface area contributed by atoms with E-state index >= 15 is 0 Å². The zero-order chi connectivity index (χ0) is 13.9. The van der Waals surface area contributed by atoms with E-state index in [0.29, 0.717) is 6.04 Å². The molecule has 0 aromatic carbocycles. The van der Waals surface area contributed by atoms with E-state index in [1.807, 2.05) is 23.2 Å². The van der Waals surface area contributed by atoms with Crippen LogP contribution in [0.5, 0.6) is 0 Å². The number of carbonyl (C=O) groups excluding carboxylic acids is 1. The van der Waals surface area contributed by atoms with Crippen LogP contribution in [-0.2, 0) is 4.74 Å². The van der Waals surface area contributed by atoms with Crippen molar-refractivity contribution in [3.05, 3.63) is 19.9 Å². The van der Waals surface area contributed by atoms with Crippen LogP contribution in [0.3, 0.4) is 0 Å². The molecule has 2 aliphatic heterocycles. The van der Waals surface area contributed by atoms with Crippen LogP contribution in [0.25, 0.3) is 0 Å². The second-order valence-electron chi connectivity index (χ2n) is 5.25. The summed E-state index contributed by atoms with van der Waals surface area (Å²) in [5.41, 5.74) is 0.842. The van der Waals surface area contributed by atoms with E-state index in [4.69, 9.17) is 4.74 Å². The molecule has 6 heteroatoms. The Balaban J connectivity index is 1.74.